The van der Waals surface area contributed by atoms with Gasteiger partial charge in [0.1, 0.15) is 17.2 Å². The van der Waals surface area contributed by atoms with Gasteiger partial charge >= 0.3 is 5.69 Å². The lowest BCUT2D eigenvalue weighted by molar-refractivity contribution is -0.393. The molecule has 2 aromatic rings. The molecule has 0 amide bonds. The molecule has 2 N–H and O–H groups in total. The minimum absolute atomic E-state index is 0.0213. The number of hydrogen-bond acceptors (Lipinski definition) is 8. The molecule has 0 aliphatic rings. The first-order chi connectivity index (χ1) is 12.2. The van der Waals surface area contributed by atoms with Crippen LogP contribution in [0.3, 0.4) is 0 Å². The maximum atomic E-state index is 11.1. The second kappa shape index (κ2) is 7.78. The molecule has 0 aromatic heterocycles. The van der Waals surface area contributed by atoms with Crippen molar-refractivity contribution in [1.29, 1.82) is 0 Å². The smallest absolute Gasteiger partial charge is 0.301 e. The lowest BCUT2D eigenvalue weighted by Gasteiger charge is -2.09. The standard InChI is InChI=1S/C15H13BrN4O6/c1-8(10-6-11(16)15(26-2)7-14(10)21)17-18-12-4-3-9(19(22)23)5-13(12)20(24)25/h3-7,18,21H,1-2H3/b17-8-. The number of nitrogens with zero attached hydrogens (tertiary/aromatic N) is 3. The summed E-state index contributed by atoms with van der Waals surface area (Å²) in [6.07, 6.45) is 0. The summed E-state index contributed by atoms with van der Waals surface area (Å²) < 4.78 is 5.66. The van der Waals surface area contributed by atoms with Crippen molar-refractivity contribution in [3.8, 4) is 11.5 Å². The van der Waals surface area contributed by atoms with Gasteiger partial charge in [0, 0.05) is 17.7 Å². The van der Waals surface area contributed by atoms with Crippen LogP contribution in [0.15, 0.2) is 39.9 Å². The van der Waals surface area contributed by atoms with Crippen molar-refractivity contribution in [3.63, 3.8) is 0 Å². The molecule has 136 valence electrons. The number of nitrogens with one attached hydrogen (secondary N) is 1. The number of phenolic OH excluding ortho intramolecular Hbond substituents is 1. The molecule has 0 radical (unpaired) electrons. The molecule has 0 fully saturated rings. The van der Waals surface area contributed by atoms with Gasteiger partial charge in [0.2, 0.25) is 0 Å². The topological polar surface area (TPSA) is 140 Å². The number of methoxy groups -OCH3 is 1. The van der Waals surface area contributed by atoms with E-state index in [1.807, 2.05) is 0 Å². The number of nitro groups is 2. The zero-order valence-corrected chi connectivity index (χ0v) is 15.2. The van der Waals surface area contributed by atoms with Crippen molar-refractivity contribution in [2.75, 3.05) is 12.5 Å². The Morgan fingerprint density at radius 2 is 1.92 bits per heavy atom. The molecule has 0 aliphatic heterocycles. The molecule has 0 heterocycles. The second-order valence-electron chi connectivity index (χ2n) is 5.03. The molecular formula is C15H13BrN4O6. The molecule has 2 rings (SSSR count). The highest BCUT2D eigenvalue weighted by molar-refractivity contribution is 9.10. The van der Waals surface area contributed by atoms with Crippen LogP contribution in [-0.4, -0.2) is 27.8 Å². The summed E-state index contributed by atoms with van der Waals surface area (Å²) in [4.78, 5) is 20.4. The number of non-ortho nitro benzene ring substituents is 1. The summed E-state index contributed by atoms with van der Waals surface area (Å²) in [7, 11) is 1.45. The zero-order valence-electron chi connectivity index (χ0n) is 13.6. The third kappa shape index (κ3) is 4.06. The van der Waals surface area contributed by atoms with Crippen molar-refractivity contribution < 1.29 is 19.7 Å². The van der Waals surface area contributed by atoms with Crippen LogP contribution in [-0.2, 0) is 0 Å². The highest BCUT2D eigenvalue weighted by Gasteiger charge is 2.19. The molecular weight excluding hydrogens is 412 g/mol. The lowest BCUT2D eigenvalue weighted by Crippen LogP contribution is -2.03. The van der Waals surface area contributed by atoms with Crippen molar-refractivity contribution in [2.45, 2.75) is 6.92 Å². The van der Waals surface area contributed by atoms with Crippen LogP contribution < -0.4 is 10.2 Å². The van der Waals surface area contributed by atoms with E-state index in [0.717, 1.165) is 12.1 Å². The number of nitro benzene ring substituents is 2. The van der Waals surface area contributed by atoms with Crippen LogP contribution in [0.1, 0.15) is 12.5 Å². The number of rotatable bonds is 6. The van der Waals surface area contributed by atoms with E-state index in [4.69, 9.17) is 4.74 Å². The van der Waals surface area contributed by atoms with Gasteiger partial charge in [-0.15, -0.1) is 0 Å². The Morgan fingerprint density at radius 3 is 2.50 bits per heavy atom. The number of hydrazone groups is 1. The lowest BCUT2D eigenvalue weighted by atomic mass is 10.1. The van der Waals surface area contributed by atoms with E-state index in [0.29, 0.717) is 21.5 Å². The largest absolute Gasteiger partial charge is 0.507 e. The number of anilines is 1. The first-order valence-corrected chi connectivity index (χ1v) is 7.84. The van der Waals surface area contributed by atoms with Crippen LogP contribution in [0.5, 0.6) is 11.5 Å². The number of hydrogen-bond donors (Lipinski definition) is 2. The summed E-state index contributed by atoms with van der Waals surface area (Å²) in [6.45, 7) is 1.58. The van der Waals surface area contributed by atoms with E-state index in [-0.39, 0.29) is 11.4 Å². The Bertz CT molecular complexity index is 915. The SMILES string of the molecule is COc1cc(O)c(/C(C)=N\Nc2ccc([N+](=O)[O-])cc2[N+](=O)[O-])cc1Br. The number of ether oxygens (including phenoxy) is 1. The fraction of sp³-hybridized carbons (Fsp3) is 0.133. The predicted molar refractivity (Wildman–Crippen MR) is 97.9 cm³/mol. The fourth-order valence-corrected chi connectivity index (χ4v) is 2.58. The van der Waals surface area contributed by atoms with Gasteiger partial charge < -0.3 is 9.84 Å². The van der Waals surface area contributed by atoms with Crippen LogP contribution >= 0.6 is 15.9 Å². The van der Waals surface area contributed by atoms with Gasteiger partial charge in [-0.2, -0.15) is 5.10 Å². The van der Waals surface area contributed by atoms with E-state index in [1.54, 1.807) is 13.0 Å². The van der Waals surface area contributed by atoms with Gasteiger partial charge in [0.15, 0.2) is 0 Å². The monoisotopic (exact) mass is 424 g/mol. The Kier molecular flexibility index (Phi) is 5.72. The first-order valence-electron chi connectivity index (χ1n) is 7.04. The highest BCUT2D eigenvalue weighted by atomic mass is 79.9. The minimum atomic E-state index is -0.748. The maximum Gasteiger partial charge on any atom is 0.301 e. The van der Waals surface area contributed by atoms with Gasteiger partial charge in [0.25, 0.3) is 5.69 Å². The predicted octanol–water partition coefficient (Wildman–Crippen LogP) is 3.82. The third-order valence-electron chi connectivity index (χ3n) is 3.39. The van der Waals surface area contributed by atoms with Crippen LogP contribution in [0.25, 0.3) is 0 Å². The summed E-state index contributed by atoms with van der Waals surface area (Å²) >= 11 is 3.29. The Hall–Kier alpha value is -3.21. The highest BCUT2D eigenvalue weighted by Crippen LogP contribution is 2.33. The molecule has 0 spiro atoms. The average Bonchev–Trinajstić information content (AvgIpc) is 2.60. The van der Waals surface area contributed by atoms with Gasteiger partial charge in [-0.25, -0.2) is 0 Å². The Balaban J connectivity index is 2.36. The Labute approximate surface area is 155 Å². The van der Waals surface area contributed by atoms with Crippen molar-refractivity contribution >= 4 is 38.7 Å². The first kappa shape index (κ1) is 19.1. The number of halogens is 1. The van der Waals surface area contributed by atoms with Crippen molar-refractivity contribution in [2.24, 2.45) is 5.10 Å². The van der Waals surface area contributed by atoms with E-state index in [9.17, 15) is 25.3 Å². The molecule has 2 aromatic carbocycles. The van der Waals surface area contributed by atoms with Gasteiger partial charge in [-0.3, -0.25) is 25.7 Å². The number of aromatic hydroxyl groups is 1. The quantitative estimate of drug-likeness (QED) is 0.407. The average molecular weight is 425 g/mol. The fourth-order valence-electron chi connectivity index (χ4n) is 2.07. The molecule has 0 unspecified atom stereocenters. The molecule has 10 nitrogen and oxygen atoms in total. The van der Waals surface area contributed by atoms with E-state index >= 15 is 0 Å². The summed E-state index contributed by atoms with van der Waals surface area (Å²) in [6, 6.07) is 6.14. The summed E-state index contributed by atoms with van der Waals surface area (Å²) in [5.74, 6) is 0.337. The van der Waals surface area contributed by atoms with E-state index in [2.05, 4.69) is 26.5 Å². The molecule has 11 heteroatoms. The Morgan fingerprint density at radius 1 is 1.23 bits per heavy atom. The number of benzene rings is 2. The molecule has 0 atom stereocenters. The molecule has 0 aliphatic carbocycles. The second-order valence-corrected chi connectivity index (χ2v) is 5.88. The maximum absolute atomic E-state index is 11.1. The summed E-state index contributed by atoms with van der Waals surface area (Å²) in [5, 5.41) is 35.9. The van der Waals surface area contributed by atoms with Crippen molar-refractivity contribution in [3.05, 3.63) is 60.6 Å². The van der Waals surface area contributed by atoms with E-state index in [1.165, 1.54) is 19.2 Å². The molecule has 0 saturated heterocycles. The zero-order chi connectivity index (χ0) is 19.4. The van der Waals surface area contributed by atoms with Gasteiger partial charge in [-0.05, 0) is 35.0 Å². The number of phenols is 1. The van der Waals surface area contributed by atoms with Crippen LogP contribution in [0, 0.1) is 20.2 Å². The molecule has 26 heavy (non-hydrogen) atoms. The molecule has 0 bridgehead atoms. The van der Waals surface area contributed by atoms with Crippen LogP contribution in [0.2, 0.25) is 0 Å². The third-order valence-corrected chi connectivity index (χ3v) is 4.01. The van der Waals surface area contributed by atoms with E-state index < -0.39 is 21.2 Å². The molecule has 0 saturated carbocycles. The van der Waals surface area contributed by atoms with Gasteiger partial charge in [-0.1, -0.05) is 0 Å². The summed E-state index contributed by atoms with van der Waals surface area (Å²) in [5.41, 5.74) is 2.29. The minimum Gasteiger partial charge on any atom is -0.507 e. The normalized spacial score (nSPS) is 11.1. The van der Waals surface area contributed by atoms with Gasteiger partial charge in [0.05, 0.1) is 33.2 Å². The van der Waals surface area contributed by atoms with Crippen molar-refractivity contribution in [1.82, 2.24) is 0 Å². The van der Waals surface area contributed by atoms with Crippen LogP contribution in [0.4, 0.5) is 17.1 Å².